The van der Waals surface area contributed by atoms with E-state index in [9.17, 15) is 4.79 Å². The van der Waals surface area contributed by atoms with E-state index in [0.29, 0.717) is 0 Å². The topological polar surface area (TPSA) is 62.7 Å². The van der Waals surface area contributed by atoms with Crippen molar-refractivity contribution in [3.05, 3.63) is 56.5 Å². The quantitative estimate of drug-likeness (QED) is 0.510. The summed E-state index contributed by atoms with van der Waals surface area (Å²) < 4.78 is 7.07. The Kier molecular flexibility index (Phi) is 6.81. The second-order valence-corrected chi connectivity index (χ2v) is 6.70. The van der Waals surface area contributed by atoms with Gasteiger partial charge in [0.15, 0.2) is 0 Å². The van der Waals surface area contributed by atoms with Crippen molar-refractivity contribution in [1.82, 2.24) is 5.43 Å². The Balaban J connectivity index is 1.86. The molecule has 1 amide bonds. The second-order valence-electron chi connectivity index (χ2n) is 4.99. The van der Waals surface area contributed by atoms with Crippen molar-refractivity contribution in [3.63, 3.8) is 0 Å². The lowest BCUT2D eigenvalue weighted by Crippen LogP contribution is -2.25. The molecule has 0 saturated carbocycles. The molecule has 126 valence electrons. The Bertz CT molecular complexity index is 740. The molecule has 2 aromatic carbocycles. The lowest BCUT2D eigenvalue weighted by molar-refractivity contribution is -0.119. The lowest BCUT2D eigenvalue weighted by Gasteiger charge is -2.09. The van der Waals surface area contributed by atoms with E-state index < -0.39 is 0 Å². The van der Waals surface area contributed by atoms with E-state index in [1.807, 2.05) is 43.3 Å². The monoisotopic (exact) mass is 453 g/mol. The van der Waals surface area contributed by atoms with Gasteiger partial charge in [-0.15, -0.1) is 0 Å². The van der Waals surface area contributed by atoms with Gasteiger partial charge in [0.05, 0.1) is 19.9 Å². The number of amides is 1. The van der Waals surface area contributed by atoms with Crippen molar-refractivity contribution in [2.45, 2.75) is 6.92 Å². The van der Waals surface area contributed by atoms with Crippen LogP contribution in [-0.2, 0) is 4.79 Å². The van der Waals surface area contributed by atoms with Crippen LogP contribution in [0.25, 0.3) is 0 Å². The van der Waals surface area contributed by atoms with Gasteiger partial charge in [0.1, 0.15) is 5.75 Å². The smallest absolute Gasteiger partial charge is 0.259 e. The number of methoxy groups -OCH3 is 1. The first-order chi connectivity index (χ1) is 11.5. The first kappa shape index (κ1) is 18.5. The van der Waals surface area contributed by atoms with Crippen LogP contribution in [0.3, 0.4) is 0 Å². The molecular weight excluding hydrogens is 438 g/mol. The Morgan fingerprint density at radius 1 is 1.25 bits per heavy atom. The molecule has 0 aromatic heterocycles. The predicted molar refractivity (Wildman–Crippen MR) is 104 cm³/mol. The number of carbonyl (C=O) groups is 1. The third-order valence-electron chi connectivity index (χ3n) is 3.23. The maximum Gasteiger partial charge on any atom is 0.259 e. The number of benzene rings is 2. The number of nitrogens with one attached hydrogen (secondary N) is 2. The van der Waals surface area contributed by atoms with Crippen molar-refractivity contribution in [1.29, 1.82) is 0 Å². The maximum atomic E-state index is 11.8. The minimum atomic E-state index is -0.234. The zero-order valence-electron chi connectivity index (χ0n) is 13.3. The van der Waals surface area contributed by atoms with E-state index in [0.717, 1.165) is 31.5 Å². The molecule has 0 radical (unpaired) electrons. The molecule has 0 aliphatic rings. The number of rotatable bonds is 6. The van der Waals surface area contributed by atoms with Gasteiger partial charge in [0.2, 0.25) is 0 Å². The molecule has 7 heteroatoms. The summed E-state index contributed by atoms with van der Waals surface area (Å²) in [5.41, 5.74) is 5.27. The number of ether oxygens (including phenoxy) is 1. The van der Waals surface area contributed by atoms with Crippen LogP contribution in [0.5, 0.6) is 5.75 Å². The minimum absolute atomic E-state index is 0.122. The van der Waals surface area contributed by atoms with Crippen molar-refractivity contribution >= 4 is 49.7 Å². The third-order valence-corrected chi connectivity index (χ3v) is 4.88. The van der Waals surface area contributed by atoms with Crippen LogP contribution in [0.2, 0.25) is 0 Å². The standard InChI is InChI=1S/C17H17Br2N3O2/c1-11-15(18)7-13(8-16(11)19)20-10-17(23)22-21-9-12-4-3-5-14(6-12)24-2/h3-9,20H,10H2,1-2H3,(H,22,23)/b21-9-. The van der Waals surface area contributed by atoms with E-state index in [-0.39, 0.29) is 12.5 Å². The molecule has 0 saturated heterocycles. The van der Waals surface area contributed by atoms with Crippen LogP contribution < -0.4 is 15.5 Å². The van der Waals surface area contributed by atoms with E-state index in [1.165, 1.54) is 0 Å². The van der Waals surface area contributed by atoms with Crippen LogP contribution in [0.1, 0.15) is 11.1 Å². The van der Waals surface area contributed by atoms with Gasteiger partial charge in [-0.05, 0) is 42.3 Å². The largest absolute Gasteiger partial charge is 0.497 e. The van der Waals surface area contributed by atoms with Crippen molar-refractivity contribution in [3.8, 4) is 5.75 Å². The molecule has 0 fully saturated rings. The highest BCUT2D eigenvalue weighted by Crippen LogP contribution is 2.28. The molecule has 0 spiro atoms. The fourth-order valence-electron chi connectivity index (χ4n) is 1.87. The van der Waals surface area contributed by atoms with Gasteiger partial charge in [-0.3, -0.25) is 4.79 Å². The highest BCUT2D eigenvalue weighted by atomic mass is 79.9. The van der Waals surface area contributed by atoms with Gasteiger partial charge in [0, 0.05) is 14.6 Å². The molecule has 24 heavy (non-hydrogen) atoms. The molecule has 2 N–H and O–H groups in total. The number of hydrogen-bond donors (Lipinski definition) is 2. The van der Waals surface area contributed by atoms with Gasteiger partial charge >= 0.3 is 0 Å². The Hall–Kier alpha value is -1.86. The Labute approximate surface area is 157 Å². The number of halogens is 2. The van der Waals surface area contributed by atoms with Gasteiger partial charge in [0.25, 0.3) is 5.91 Å². The molecule has 5 nitrogen and oxygen atoms in total. The molecule has 2 rings (SSSR count). The summed E-state index contributed by atoms with van der Waals surface area (Å²) in [7, 11) is 1.60. The number of anilines is 1. The summed E-state index contributed by atoms with van der Waals surface area (Å²) in [5, 5.41) is 6.99. The summed E-state index contributed by atoms with van der Waals surface area (Å²) in [4.78, 5) is 11.8. The van der Waals surface area contributed by atoms with Crippen LogP contribution in [0.4, 0.5) is 5.69 Å². The number of nitrogens with zero attached hydrogens (tertiary/aromatic N) is 1. The summed E-state index contributed by atoms with van der Waals surface area (Å²) in [6, 6.07) is 11.3. The molecule has 0 heterocycles. The highest BCUT2D eigenvalue weighted by Gasteiger charge is 2.05. The average Bonchev–Trinajstić information content (AvgIpc) is 2.58. The van der Waals surface area contributed by atoms with Crippen molar-refractivity contribution < 1.29 is 9.53 Å². The fraction of sp³-hybridized carbons (Fsp3) is 0.176. The van der Waals surface area contributed by atoms with Crippen LogP contribution in [0, 0.1) is 6.92 Å². The molecule has 0 aliphatic heterocycles. The van der Waals surface area contributed by atoms with Crippen molar-refractivity contribution in [2.24, 2.45) is 5.10 Å². The number of carbonyl (C=O) groups excluding carboxylic acids is 1. The summed E-state index contributed by atoms with van der Waals surface area (Å²) >= 11 is 6.96. The lowest BCUT2D eigenvalue weighted by atomic mass is 10.2. The van der Waals surface area contributed by atoms with Crippen LogP contribution >= 0.6 is 31.9 Å². The Morgan fingerprint density at radius 3 is 2.62 bits per heavy atom. The van der Waals surface area contributed by atoms with Gasteiger partial charge in [-0.25, -0.2) is 5.43 Å². The normalized spacial score (nSPS) is 10.7. The summed E-state index contributed by atoms with van der Waals surface area (Å²) in [5.74, 6) is 0.504. The van der Waals surface area contributed by atoms with Gasteiger partial charge in [-0.2, -0.15) is 5.10 Å². The zero-order valence-corrected chi connectivity index (χ0v) is 16.4. The third kappa shape index (κ3) is 5.35. The number of hydrazone groups is 1. The van der Waals surface area contributed by atoms with E-state index in [4.69, 9.17) is 4.74 Å². The summed E-state index contributed by atoms with van der Waals surface area (Å²) in [6.45, 7) is 2.12. The molecule has 0 aliphatic carbocycles. The zero-order chi connectivity index (χ0) is 17.5. The first-order valence-corrected chi connectivity index (χ1v) is 8.73. The van der Waals surface area contributed by atoms with E-state index in [1.54, 1.807) is 13.3 Å². The SMILES string of the molecule is COc1cccc(/C=N\NC(=O)CNc2cc(Br)c(C)c(Br)c2)c1. The molecule has 0 bridgehead atoms. The molecule has 0 atom stereocenters. The first-order valence-electron chi connectivity index (χ1n) is 7.15. The number of hydrogen-bond acceptors (Lipinski definition) is 4. The summed E-state index contributed by atoms with van der Waals surface area (Å²) in [6.07, 6.45) is 1.57. The highest BCUT2D eigenvalue weighted by molar-refractivity contribution is 9.11. The average molecular weight is 455 g/mol. The predicted octanol–water partition coefficient (Wildman–Crippen LogP) is 4.09. The minimum Gasteiger partial charge on any atom is -0.497 e. The van der Waals surface area contributed by atoms with E-state index in [2.05, 4.69) is 47.7 Å². The van der Waals surface area contributed by atoms with Gasteiger partial charge < -0.3 is 10.1 Å². The van der Waals surface area contributed by atoms with Gasteiger partial charge in [-0.1, -0.05) is 44.0 Å². The van der Waals surface area contributed by atoms with Crippen molar-refractivity contribution in [2.75, 3.05) is 19.0 Å². The molecule has 2 aromatic rings. The molecule has 0 unspecified atom stereocenters. The Morgan fingerprint density at radius 2 is 1.96 bits per heavy atom. The van der Waals surface area contributed by atoms with Crippen LogP contribution in [-0.4, -0.2) is 25.8 Å². The van der Waals surface area contributed by atoms with E-state index >= 15 is 0 Å². The van der Waals surface area contributed by atoms with Crippen LogP contribution in [0.15, 0.2) is 50.4 Å². The fourth-order valence-corrected chi connectivity index (χ4v) is 3.06. The maximum absolute atomic E-state index is 11.8. The second kappa shape index (κ2) is 8.84. The molecular formula is C17H17Br2N3O2.